The highest BCUT2D eigenvalue weighted by atomic mass is 14.9. The van der Waals surface area contributed by atoms with Crippen molar-refractivity contribution in [1.82, 2.24) is 0 Å². The molecule has 2 nitrogen and oxygen atoms in total. The van der Waals surface area contributed by atoms with Crippen LogP contribution in [-0.4, -0.2) is 12.6 Å². The lowest BCUT2D eigenvalue weighted by molar-refractivity contribution is 0.565. The summed E-state index contributed by atoms with van der Waals surface area (Å²) in [7, 11) is 0. The molecule has 2 unspecified atom stereocenters. The molecule has 1 aliphatic carbocycles. The van der Waals surface area contributed by atoms with Crippen molar-refractivity contribution in [2.24, 2.45) is 11.7 Å². The highest BCUT2D eigenvalue weighted by molar-refractivity contribution is 5.50. The number of benzene rings is 1. The molecule has 15 heavy (non-hydrogen) atoms. The Morgan fingerprint density at radius 1 is 1.33 bits per heavy atom. The van der Waals surface area contributed by atoms with E-state index >= 15 is 0 Å². The van der Waals surface area contributed by atoms with E-state index in [2.05, 4.69) is 36.5 Å². The zero-order valence-electron chi connectivity index (χ0n) is 9.37. The molecule has 82 valence electrons. The summed E-state index contributed by atoms with van der Waals surface area (Å²) in [5.41, 5.74) is 8.48. The van der Waals surface area contributed by atoms with Gasteiger partial charge >= 0.3 is 0 Å². The third-order valence-corrected chi connectivity index (χ3v) is 3.31. The molecule has 1 aromatic rings. The van der Waals surface area contributed by atoms with Crippen molar-refractivity contribution in [1.29, 1.82) is 0 Å². The van der Waals surface area contributed by atoms with Crippen molar-refractivity contribution in [3.63, 3.8) is 0 Å². The van der Waals surface area contributed by atoms with Crippen LogP contribution in [0.5, 0.6) is 0 Å². The quantitative estimate of drug-likeness (QED) is 0.794. The Morgan fingerprint density at radius 3 is 2.80 bits per heavy atom. The monoisotopic (exact) mass is 204 g/mol. The van der Waals surface area contributed by atoms with E-state index in [4.69, 9.17) is 5.73 Å². The van der Waals surface area contributed by atoms with Crippen LogP contribution in [-0.2, 0) is 0 Å². The highest BCUT2D eigenvalue weighted by Crippen LogP contribution is 2.24. The van der Waals surface area contributed by atoms with E-state index < -0.39 is 0 Å². The topological polar surface area (TPSA) is 38.0 Å². The Labute approximate surface area is 91.9 Å². The van der Waals surface area contributed by atoms with E-state index in [1.165, 1.54) is 30.5 Å². The van der Waals surface area contributed by atoms with Gasteiger partial charge in [0.15, 0.2) is 0 Å². The van der Waals surface area contributed by atoms with Crippen molar-refractivity contribution < 1.29 is 0 Å². The van der Waals surface area contributed by atoms with Crippen molar-refractivity contribution in [3.05, 3.63) is 29.8 Å². The summed E-state index contributed by atoms with van der Waals surface area (Å²) in [6.07, 6.45) is 3.65. The Morgan fingerprint density at radius 2 is 2.13 bits per heavy atom. The van der Waals surface area contributed by atoms with Crippen LogP contribution in [0.25, 0.3) is 0 Å². The molecule has 1 saturated carbocycles. The third-order valence-electron chi connectivity index (χ3n) is 3.31. The van der Waals surface area contributed by atoms with Crippen LogP contribution in [0.3, 0.4) is 0 Å². The van der Waals surface area contributed by atoms with Gasteiger partial charge in [-0.15, -0.1) is 0 Å². The number of hydrogen-bond donors (Lipinski definition) is 2. The lowest BCUT2D eigenvalue weighted by Crippen LogP contribution is -2.17. The molecule has 0 radical (unpaired) electrons. The molecule has 2 heteroatoms. The summed E-state index contributed by atoms with van der Waals surface area (Å²) < 4.78 is 0. The molecule has 0 heterocycles. The van der Waals surface area contributed by atoms with Crippen LogP contribution in [0.4, 0.5) is 5.69 Å². The van der Waals surface area contributed by atoms with Gasteiger partial charge in [-0.1, -0.05) is 18.2 Å². The fourth-order valence-corrected chi connectivity index (χ4v) is 2.32. The summed E-state index contributed by atoms with van der Waals surface area (Å²) in [5, 5.41) is 3.52. The molecule has 0 amide bonds. The zero-order valence-corrected chi connectivity index (χ0v) is 9.37. The van der Waals surface area contributed by atoms with Crippen LogP contribution < -0.4 is 11.1 Å². The van der Waals surface area contributed by atoms with Gasteiger partial charge in [0.2, 0.25) is 0 Å². The number of rotatable bonds is 3. The van der Waals surface area contributed by atoms with Gasteiger partial charge in [0.25, 0.3) is 0 Å². The minimum absolute atomic E-state index is 0.439. The fourth-order valence-electron chi connectivity index (χ4n) is 2.32. The number of aryl methyl sites for hydroxylation is 1. The summed E-state index contributed by atoms with van der Waals surface area (Å²) in [6, 6.07) is 8.88. The standard InChI is InChI=1S/C13H20N2/c1-10-4-2-3-5-13(10)15-9-11-6-7-12(14)8-11/h2-5,11-12,15H,6-9,14H2,1H3. The zero-order chi connectivity index (χ0) is 10.7. The minimum atomic E-state index is 0.439. The number of anilines is 1. The normalized spacial score (nSPS) is 25.5. The second kappa shape index (κ2) is 4.67. The predicted octanol–water partition coefficient (Wildman–Crippen LogP) is 2.53. The fraction of sp³-hybridized carbons (Fsp3) is 0.538. The van der Waals surface area contributed by atoms with Crippen molar-refractivity contribution >= 4 is 5.69 Å². The first-order valence-corrected chi connectivity index (χ1v) is 5.81. The van der Waals surface area contributed by atoms with E-state index in [1.807, 2.05) is 0 Å². The third kappa shape index (κ3) is 2.72. The van der Waals surface area contributed by atoms with E-state index in [0.29, 0.717) is 6.04 Å². The predicted molar refractivity (Wildman–Crippen MR) is 65.0 cm³/mol. The van der Waals surface area contributed by atoms with Crippen LogP contribution in [0, 0.1) is 12.8 Å². The SMILES string of the molecule is Cc1ccccc1NCC1CCC(N)C1. The van der Waals surface area contributed by atoms with Crippen LogP contribution in [0.15, 0.2) is 24.3 Å². The Bertz CT molecular complexity index is 322. The first-order valence-electron chi connectivity index (χ1n) is 5.81. The number of hydrogen-bond acceptors (Lipinski definition) is 2. The average molecular weight is 204 g/mol. The smallest absolute Gasteiger partial charge is 0.0369 e. The maximum Gasteiger partial charge on any atom is 0.0369 e. The lowest BCUT2D eigenvalue weighted by Gasteiger charge is -2.13. The second-order valence-electron chi connectivity index (χ2n) is 4.63. The molecule has 0 aliphatic heterocycles. The first kappa shape index (κ1) is 10.5. The summed E-state index contributed by atoms with van der Waals surface area (Å²) in [5.74, 6) is 0.764. The Kier molecular flexibility index (Phi) is 3.27. The molecule has 1 fully saturated rings. The van der Waals surface area contributed by atoms with Crippen LogP contribution >= 0.6 is 0 Å². The van der Waals surface area contributed by atoms with Crippen LogP contribution in [0.1, 0.15) is 24.8 Å². The molecule has 2 rings (SSSR count). The van der Waals surface area contributed by atoms with Gasteiger partial charge in [-0.05, 0) is 43.7 Å². The van der Waals surface area contributed by atoms with Gasteiger partial charge in [-0.25, -0.2) is 0 Å². The lowest BCUT2D eigenvalue weighted by atomic mass is 10.1. The molecule has 0 bridgehead atoms. The summed E-state index contributed by atoms with van der Waals surface area (Å²) >= 11 is 0. The number of nitrogens with two attached hydrogens (primary N) is 1. The molecular formula is C13H20N2. The van der Waals surface area contributed by atoms with Crippen molar-refractivity contribution in [2.45, 2.75) is 32.2 Å². The summed E-state index contributed by atoms with van der Waals surface area (Å²) in [4.78, 5) is 0. The van der Waals surface area contributed by atoms with Crippen molar-refractivity contribution in [3.8, 4) is 0 Å². The Balaban J connectivity index is 1.86. The Hall–Kier alpha value is -1.02. The van der Waals surface area contributed by atoms with E-state index in [1.54, 1.807) is 0 Å². The molecule has 2 atom stereocenters. The van der Waals surface area contributed by atoms with Gasteiger partial charge in [-0.3, -0.25) is 0 Å². The summed E-state index contributed by atoms with van der Waals surface area (Å²) in [6.45, 7) is 3.21. The van der Waals surface area contributed by atoms with Gasteiger partial charge in [0.1, 0.15) is 0 Å². The average Bonchev–Trinajstić information content (AvgIpc) is 2.63. The van der Waals surface area contributed by atoms with Gasteiger partial charge < -0.3 is 11.1 Å². The molecule has 1 aromatic carbocycles. The highest BCUT2D eigenvalue weighted by Gasteiger charge is 2.21. The number of nitrogens with one attached hydrogen (secondary N) is 1. The van der Waals surface area contributed by atoms with E-state index in [0.717, 1.165) is 12.5 Å². The first-order chi connectivity index (χ1) is 7.25. The van der Waals surface area contributed by atoms with E-state index in [9.17, 15) is 0 Å². The largest absolute Gasteiger partial charge is 0.385 e. The molecule has 3 N–H and O–H groups in total. The minimum Gasteiger partial charge on any atom is -0.385 e. The van der Waals surface area contributed by atoms with E-state index in [-0.39, 0.29) is 0 Å². The molecule has 1 aliphatic rings. The maximum absolute atomic E-state index is 5.90. The van der Waals surface area contributed by atoms with Gasteiger partial charge in [0, 0.05) is 18.3 Å². The second-order valence-corrected chi connectivity index (χ2v) is 4.63. The van der Waals surface area contributed by atoms with Gasteiger partial charge in [-0.2, -0.15) is 0 Å². The molecule has 0 spiro atoms. The molecule has 0 aromatic heterocycles. The molecular weight excluding hydrogens is 184 g/mol. The van der Waals surface area contributed by atoms with Crippen LogP contribution in [0.2, 0.25) is 0 Å². The van der Waals surface area contributed by atoms with Crippen molar-refractivity contribution in [2.75, 3.05) is 11.9 Å². The maximum atomic E-state index is 5.90. The number of para-hydroxylation sites is 1. The van der Waals surface area contributed by atoms with Gasteiger partial charge in [0.05, 0.1) is 0 Å². The molecule has 0 saturated heterocycles.